The van der Waals surface area contributed by atoms with Crippen LogP contribution in [0.3, 0.4) is 0 Å². The van der Waals surface area contributed by atoms with Gasteiger partial charge in [0.2, 0.25) is 0 Å². The molecule has 4 rings (SSSR count). The van der Waals surface area contributed by atoms with Crippen molar-refractivity contribution < 1.29 is 14.3 Å². The molecule has 2 amide bonds. The summed E-state index contributed by atoms with van der Waals surface area (Å²) in [5.74, 6) is 1.57. The fourth-order valence-corrected chi connectivity index (χ4v) is 4.01. The highest BCUT2D eigenvalue weighted by atomic mass is 19.1. The third kappa shape index (κ3) is 5.37. The van der Waals surface area contributed by atoms with Crippen LogP contribution in [0.5, 0.6) is 0 Å². The van der Waals surface area contributed by atoms with E-state index >= 15 is 0 Å². The quantitative estimate of drug-likeness (QED) is 0.588. The SMILES string of the molecule is Cn1nc(C2CC2)cc1NC(=O)N[C@H](CO)CCN1CC(Cc2ccc(F)cc2)C1. The molecule has 1 atom stereocenters. The third-order valence-electron chi connectivity index (χ3n) is 5.96. The monoisotopic (exact) mass is 415 g/mol. The summed E-state index contributed by atoms with van der Waals surface area (Å²) in [5, 5.41) is 19.8. The topological polar surface area (TPSA) is 82.4 Å². The minimum atomic E-state index is -0.322. The lowest BCUT2D eigenvalue weighted by molar-refractivity contribution is 0.0917. The molecule has 3 N–H and O–H groups in total. The number of carbonyl (C=O) groups excluding carboxylic acids is 1. The number of aliphatic hydroxyl groups excluding tert-OH is 1. The Kier molecular flexibility index (Phi) is 6.34. The molecule has 2 fully saturated rings. The Balaban J connectivity index is 1.16. The molecule has 2 heterocycles. The van der Waals surface area contributed by atoms with Crippen molar-refractivity contribution in [3.05, 3.63) is 47.4 Å². The summed E-state index contributed by atoms with van der Waals surface area (Å²) in [5.41, 5.74) is 2.19. The van der Waals surface area contributed by atoms with Crippen LogP contribution in [-0.2, 0) is 13.5 Å². The molecule has 1 aromatic heterocycles. The number of likely N-dealkylation sites (tertiary alicyclic amines) is 1. The summed E-state index contributed by atoms with van der Waals surface area (Å²) in [6.07, 6.45) is 3.97. The van der Waals surface area contributed by atoms with Crippen molar-refractivity contribution in [3.8, 4) is 0 Å². The molecule has 1 aliphatic carbocycles. The van der Waals surface area contributed by atoms with Crippen LogP contribution >= 0.6 is 0 Å². The summed E-state index contributed by atoms with van der Waals surface area (Å²) in [4.78, 5) is 14.6. The van der Waals surface area contributed by atoms with Crippen molar-refractivity contribution in [2.75, 3.05) is 31.6 Å². The lowest BCUT2D eigenvalue weighted by Gasteiger charge is -2.40. The maximum Gasteiger partial charge on any atom is 0.320 e. The number of carbonyl (C=O) groups is 1. The maximum absolute atomic E-state index is 13.0. The van der Waals surface area contributed by atoms with E-state index < -0.39 is 0 Å². The van der Waals surface area contributed by atoms with Crippen molar-refractivity contribution in [1.82, 2.24) is 20.0 Å². The first kappa shape index (κ1) is 20.8. The van der Waals surface area contributed by atoms with Gasteiger partial charge in [-0.05, 0) is 49.3 Å². The Labute approximate surface area is 176 Å². The van der Waals surface area contributed by atoms with Gasteiger partial charge < -0.3 is 15.3 Å². The van der Waals surface area contributed by atoms with Crippen molar-refractivity contribution >= 4 is 11.8 Å². The Morgan fingerprint density at radius 1 is 1.30 bits per heavy atom. The number of urea groups is 1. The second kappa shape index (κ2) is 9.14. The van der Waals surface area contributed by atoms with Crippen LogP contribution in [0.4, 0.5) is 15.0 Å². The average Bonchev–Trinajstić information content (AvgIpc) is 3.48. The van der Waals surface area contributed by atoms with Crippen LogP contribution < -0.4 is 10.6 Å². The van der Waals surface area contributed by atoms with Crippen LogP contribution in [0.25, 0.3) is 0 Å². The second-order valence-electron chi connectivity index (χ2n) is 8.58. The van der Waals surface area contributed by atoms with Gasteiger partial charge in [0.05, 0.1) is 18.3 Å². The molecule has 2 aliphatic rings. The Hall–Kier alpha value is -2.45. The number of rotatable bonds is 9. The number of aromatic nitrogens is 2. The van der Waals surface area contributed by atoms with E-state index in [9.17, 15) is 14.3 Å². The standard InChI is InChI=1S/C22H30FN5O2/c1-27-21(11-20(26-27)17-4-5-17)25-22(30)24-19(14-29)8-9-28-12-16(13-28)10-15-2-6-18(23)7-3-15/h2-3,6-7,11,16-17,19,29H,4-5,8-10,12-14H2,1H3,(H2,24,25,30)/t19-/m0/s1. The molecule has 162 valence electrons. The predicted molar refractivity (Wildman–Crippen MR) is 113 cm³/mol. The van der Waals surface area contributed by atoms with Gasteiger partial charge in [-0.3, -0.25) is 10.00 Å². The predicted octanol–water partition coefficient (Wildman–Crippen LogP) is 2.48. The Morgan fingerprint density at radius 3 is 2.70 bits per heavy atom. The van der Waals surface area contributed by atoms with Gasteiger partial charge in [0, 0.05) is 38.7 Å². The molecule has 0 unspecified atom stereocenters. The van der Waals surface area contributed by atoms with Gasteiger partial charge in [0.1, 0.15) is 11.6 Å². The molecule has 30 heavy (non-hydrogen) atoms. The van der Waals surface area contributed by atoms with Gasteiger partial charge in [0.15, 0.2) is 0 Å². The number of hydrogen-bond acceptors (Lipinski definition) is 4. The van der Waals surface area contributed by atoms with Crippen molar-refractivity contribution in [3.63, 3.8) is 0 Å². The van der Waals surface area contributed by atoms with Crippen molar-refractivity contribution in [2.45, 2.75) is 37.6 Å². The fraction of sp³-hybridized carbons (Fsp3) is 0.545. The van der Waals surface area contributed by atoms with Crippen LogP contribution in [0.15, 0.2) is 30.3 Å². The van der Waals surface area contributed by atoms with Crippen molar-refractivity contribution in [1.29, 1.82) is 0 Å². The maximum atomic E-state index is 13.0. The van der Waals surface area contributed by atoms with E-state index in [4.69, 9.17) is 0 Å². The van der Waals surface area contributed by atoms with Gasteiger partial charge in [-0.2, -0.15) is 5.10 Å². The zero-order chi connectivity index (χ0) is 21.1. The summed E-state index contributed by atoms with van der Waals surface area (Å²) in [6.45, 7) is 2.70. The van der Waals surface area contributed by atoms with Gasteiger partial charge in [-0.1, -0.05) is 12.1 Å². The highest BCUT2D eigenvalue weighted by molar-refractivity contribution is 5.88. The minimum Gasteiger partial charge on any atom is -0.394 e. The van der Waals surface area contributed by atoms with E-state index in [-0.39, 0.29) is 24.5 Å². The Morgan fingerprint density at radius 2 is 2.03 bits per heavy atom. The van der Waals surface area contributed by atoms with Crippen LogP contribution in [0, 0.1) is 11.7 Å². The summed E-state index contributed by atoms with van der Waals surface area (Å²) < 4.78 is 14.7. The first-order valence-electron chi connectivity index (χ1n) is 10.7. The second-order valence-corrected chi connectivity index (χ2v) is 8.58. The largest absolute Gasteiger partial charge is 0.394 e. The Bertz CT molecular complexity index is 859. The number of anilines is 1. The molecule has 0 radical (unpaired) electrons. The van der Waals surface area contributed by atoms with E-state index in [1.165, 1.54) is 12.1 Å². The number of halogens is 1. The fourth-order valence-electron chi connectivity index (χ4n) is 4.01. The van der Waals surface area contributed by atoms with E-state index in [0.717, 1.165) is 50.2 Å². The van der Waals surface area contributed by atoms with Crippen molar-refractivity contribution in [2.24, 2.45) is 13.0 Å². The molecular weight excluding hydrogens is 385 g/mol. The average molecular weight is 416 g/mol. The third-order valence-corrected chi connectivity index (χ3v) is 5.96. The molecule has 1 saturated heterocycles. The minimum absolute atomic E-state index is 0.0982. The van der Waals surface area contributed by atoms with E-state index in [1.54, 1.807) is 4.68 Å². The molecule has 1 saturated carbocycles. The van der Waals surface area contributed by atoms with Gasteiger partial charge in [-0.15, -0.1) is 0 Å². The van der Waals surface area contributed by atoms with Crippen LogP contribution in [-0.4, -0.2) is 58.1 Å². The lowest BCUT2D eigenvalue weighted by Crippen LogP contribution is -2.50. The van der Waals surface area contributed by atoms with Gasteiger partial charge >= 0.3 is 6.03 Å². The number of aryl methyl sites for hydroxylation is 1. The number of hydrogen-bond donors (Lipinski definition) is 3. The summed E-state index contributed by atoms with van der Waals surface area (Å²) in [7, 11) is 1.82. The molecule has 8 heteroatoms. The normalized spacial score (nSPS) is 18.1. The first-order chi connectivity index (χ1) is 14.5. The molecule has 1 aromatic carbocycles. The van der Waals surface area contributed by atoms with Crippen LogP contribution in [0.1, 0.15) is 36.4 Å². The van der Waals surface area contributed by atoms with Crippen LogP contribution in [0.2, 0.25) is 0 Å². The summed E-state index contributed by atoms with van der Waals surface area (Å²) >= 11 is 0. The zero-order valence-corrected chi connectivity index (χ0v) is 17.4. The molecule has 1 aliphatic heterocycles. The number of nitrogens with zero attached hydrogens (tertiary/aromatic N) is 3. The molecular formula is C22H30FN5O2. The molecule has 0 bridgehead atoms. The van der Waals surface area contributed by atoms with Gasteiger partial charge in [0.25, 0.3) is 0 Å². The van der Waals surface area contributed by atoms with E-state index in [1.807, 2.05) is 25.2 Å². The highest BCUT2D eigenvalue weighted by Crippen LogP contribution is 2.39. The van der Waals surface area contributed by atoms with E-state index in [2.05, 4.69) is 20.6 Å². The van der Waals surface area contributed by atoms with E-state index in [0.29, 0.717) is 24.1 Å². The molecule has 2 aromatic rings. The lowest BCUT2D eigenvalue weighted by atomic mass is 9.92. The molecule has 7 nitrogen and oxygen atoms in total. The number of amides is 2. The highest BCUT2D eigenvalue weighted by Gasteiger charge is 2.28. The number of aliphatic hydroxyl groups is 1. The summed E-state index contributed by atoms with van der Waals surface area (Å²) in [6, 6.07) is 8.01. The zero-order valence-electron chi connectivity index (χ0n) is 17.4. The smallest absolute Gasteiger partial charge is 0.320 e. The number of nitrogens with one attached hydrogen (secondary N) is 2. The van der Waals surface area contributed by atoms with Gasteiger partial charge in [-0.25, -0.2) is 9.18 Å². The number of benzene rings is 1. The first-order valence-corrected chi connectivity index (χ1v) is 10.7. The molecule has 0 spiro atoms.